The molecule has 2 heterocycles. The number of aromatic nitrogens is 2. The maximum atomic E-state index is 10.1. The third-order valence-electron chi connectivity index (χ3n) is 3.42. The summed E-state index contributed by atoms with van der Waals surface area (Å²) >= 11 is 15.3. The normalized spacial score (nSPS) is 30.3. The zero-order chi connectivity index (χ0) is 14.6. The quantitative estimate of drug-likeness (QED) is 0.796. The summed E-state index contributed by atoms with van der Waals surface area (Å²) in [5.41, 5.74) is 1.28. The summed E-state index contributed by atoms with van der Waals surface area (Å²) in [7, 11) is 0. The number of aliphatic hydroxyl groups excluding tert-OH is 2. The highest BCUT2D eigenvalue weighted by Gasteiger charge is 2.42. The lowest BCUT2D eigenvalue weighted by Gasteiger charge is -2.18. The molecule has 0 aliphatic carbocycles. The molecule has 1 aliphatic rings. The van der Waals surface area contributed by atoms with Crippen molar-refractivity contribution in [3.63, 3.8) is 0 Å². The summed E-state index contributed by atoms with van der Waals surface area (Å²) in [5.74, 6) is 0. The minimum absolute atomic E-state index is 0.383. The first-order valence-corrected chi connectivity index (χ1v) is 7.49. The Morgan fingerprint density at radius 3 is 2.50 bits per heavy atom. The van der Waals surface area contributed by atoms with Crippen LogP contribution in [0.25, 0.3) is 11.0 Å². The van der Waals surface area contributed by atoms with Gasteiger partial charge in [-0.05, 0) is 35.0 Å². The van der Waals surface area contributed by atoms with Gasteiger partial charge in [-0.15, -0.1) is 0 Å². The SMILES string of the molecule is C[C@H]1O[C@@H](n2c(Br)nc3cc(Cl)c(Cl)cc32)[C@H](O)[C@@H]1O. The molecule has 2 N–H and O–H groups in total. The van der Waals surface area contributed by atoms with E-state index < -0.39 is 24.5 Å². The van der Waals surface area contributed by atoms with Crippen molar-refractivity contribution in [2.75, 3.05) is 0 Å². The van der Waals surface area contributed by atoms with Gasteiger partial charge in [0.15, 0.2) is 11.0 Å². The Kier molecular flexibility index (Phi) is 3.73. The molecule has 108 valence electrons. The minimum Gasteiger partial charge on any atom is -0.388 e. The number of aliphatic hydroxyl groups is 2. The number of rotatable bonds is 1. The predicted molar refractivity (Wildman–Crippen MR) is 79.1 cm³/mol. The van der Waals surface area contributed by atoms with Crippen LogP contribution in [0.4, 0.5) is 0 Å². The van der Waals surface area contributed by atoms with Crippen LogP contribution in [0.15, 0.2) is 16.9 Å². The van der Waals surface area contributed by atoms with Gasteiger partial charge < -0.3 is 14.9 Å². The number of fused-ring (bicyclic) bond motifs is 1. The van der Waals surface area contributed by atoms with Crippen LogP contribution in [0, 0.1) is 0 Å². The summed E-state index contributed by atoms with van der Waals surface area (Å²) < 4.78 is 7.72. The van der Waals surface area contributed by atoms with Crippen molar-refractivity contribution < 1.29 is 14.9 Å². The number of nitrogens with zero attached hydrogens (tertiary/aromatic N) is 2. The van der Waals surface area contributed by atoms with Crippen molar-refractivity contribution in [2.45, 2.75) is 31.5 Å². The third-order valence-corrected chi connectivity index (χ3v) is 4.70. The lowest BCUT2D eigenvalue weighted by Crippen LogP contribution is -2.30. The lowest BCUT2D eigenvalue weighted by atomic mass is 10.1. The van der Waals surface area contributed by atoms with Crippen LogP contribution in [-0.2, 0) is 4.74 Å². The van der Waals surface area contributed by atoms with Gasteiger partial charge in [-0.1, -0.05) is 23.2 Å². The second kappa shape index (κ2) is 5.12. The first kappa shape index (κ1) is 14.6. The smallest absolute Gasteiger partial charge is 0.180 e. The van der Waals surface area contributed by atoms with E-state index in [1.807, 2.05) is 0 Å². The van der Waals surface area contributed by atoms with Crippen LogP contribution in [-0.4, -0.2) is 38.1 Å². The summed E-state index contributed by atoms with van der Waals surface area (Å²) in [6.07, 6.45) is -3.21. The van der Waals surface area contributed by atoms with Gasteiger partial charge in [0.1, 0.15) is 12.2 Å². The van der Waals surface area contributed by atoms with Gasteiger partial charge in [-0.25, -0.2) is 4.98 Å². The van der Waals surface area contributed by atoms with Crippen molar-refractivity contribution in [3.8, 4) is 0 Å². The zero-order valence-electron chi connectivity index (χ0n) is 10.3. The highest BCUT2D eigenvalue weighted by Crippen LogP contribution is 2.37. The van der Waals surface area contributed by atoms with Gasteiger partial charge in [0.05, 0.1) is 27.2 Å². The van der Waals surface area contributed by atoms with E-state index in [0.29, 0.717) is 25.8 Å². The Labute approximate surface area is 133 Å². The van der Waals surface area contributed by atoms with E-state index in [1.54, 1.807) is 23.6 Å². The van der Waals surface area contributed by atoms with E-state index in [-0.39, 0.29) is 0 Å². The molecule has 20 heavy (non-hydrogen) atoms. The number of imidazole rings is 1. The van der Waals surface area contributed by atoms with Gasteiger partial charge in [0, 0.05) is 0 Å². The maximum Gasteiger partial charge on any atom is 0.180 e. The summed E-state index contributed by atoms with van der Waals surface area (Å²) in [6, 6.07) is 3.30. The largest absolute Gasteiger partial charge is 0.388 e. The van der Waals surface area contributed by atoms with Crippen molar-refractivity contribution in [1.82, 2.24) is 9.55 Å². The Hall–Kier alpha value is -0.370. The Balaban J connectivity index is 2.17. The number of hydrogen-bond donors (Lipinski definition) is 2. The predicted octanol–water partition coefficient (Wildman–Crippen LogP) is 2.74. The molecule has 0 spiro atoms. The maximum absolute atomic E-state index is 10.1. The molecule has 0 unspecified atom stereocenters. The number of benzene rings is 1. The van der Waals surface area contributed by atoms with Crippen LogP contribution < -0.4 is 0 Å². The topological polar surface area (TPSA) is 67.5 Å². The average Bonchev–Trinajstić information content (AvgIpc) is 2.81. The molecule has 1 fully saturated rings. The molecule has 3 rings (SSSR count). The summed E-state index contributed by atoms with van der Waals surface area (Å²) in [4.78, 5) is 4.31. The fourth-order valence-electron chi connectivity index (χ4n) is 2.34. The molecule has 1 saturated heterocycles. The van der Waals surface area contributed by atoms with Crippen LogP contribution in [0.1, 0.15) is 13.2 Å². The standard InChI is InChI=1S/C12H11BrCl2N2O3/c1-4-9(18)10(19)11(20-4)17-8-3-6(15)5(14)2-7(8)16-12(17)13/h2-4,9-11,18-19H,1H3/t4-,9-,10-,11-/m1/s1. The zero-order valence-corrected chi connectivity index (χ0v) is 13.4. The van der Waals surface area contributed by atoms with Crippen molar-refractivity contribution in [2.24, 2.45) is 0 Å². The van der Waals surface area contributed by atoms with E-state index in [9.17, 15) is 10.2 Å². The molecule has 1 aliphatic heterocycles. The average molecular weight is 382 g/mol. The Morgan fingerprint density at radius 2 is 1.90 bits per heavy atom. The molecule has 5 nitrogen and oxygen atoms in total. The van der Waals surface area contributed by atoms with Gasteiger partial charge in [-0.2, -0.15) is 0 Å². The second-order valence-electron chi connectivity index (χ2n) is 4.72. The molecule has 0 radical (unpaired) electrons. The minimum atomic E-state index is -1.05. The van der Waals surface area contributed by atoms with E-state index in [1.165, 1.54) is 0 Å². The molecule has 1 aromatic heterocycles. The lowest BCUT2D eigenvalue weighted by molar-refractivity contribution is -0.0309. The van der Waals surface area contributed by atoms with E-state index in [2.05, 4.69) is 20.9 Å². The third kappa shape index (κ3) is 2.15. The number of ether oxygens (including phenoxy) is 1. The number of halogens is 3. The Morgan fingerprint density at radius 1 is 1.25 bits per heavy atom. The van der Waals surface area contributed by atoms with Crippen molar-refractivity contribution in [1.29, 1.82) is 0 Å². The monoisotopic (exact) mass is 380 g/mol. The molecule has 4 atom stereocenters. The van der Waals surface area contributed by atoms with Crippen LogP contribution in [0.3, 0.4) is 0 Å². The second-order valence-corrected chi connectivity index (χ2v) is 6.24. The molecule has 2 aromatic rings. The van der Waals surface area contributed by atoms with Crippen LogP contribution in [0.5, 0.6) is 0 Å². The molecule has 0 bridgehead atoms. The van der Waals surface area contributed by atoms with Gasteiger partial charge in [0.2, 0.25) is 0 Å². The van der Waals surface area contributed by atoms with Crippen LogP contribution >= 0.6 is 39.1 Å². The van der Waals surface area contributed by atoms with Crippen LogP contribution in [0.2, 0.25) is 10.0 Å². The molecule has 8 heteroatoms. The van der Waals surface area contributed by atoms with E-state index in [0.717, 1.165) is 0 Å². The number of hydrogen-bond acceptors (Lipinski definition) is 4. The highest BCUT2D eigenvalue weighted by atomic mass is 79.9. The molecule has 1 aromatic carbocycles. The Bertz CT molecular complexity index is 678. The highest BCUT2D eigenvalue weighted by molar-refractivity contribution is 9.10. The fraction of sp³-hybridized carbons (Fsp3) is 0.417. The first-order chi connectivity index (χ1) is 9.40. The summed E-state index contributed by atoms with van der Waals surface area (Å²) in [6.45, 7) is 1.70. The fourth-order valence-corrected chi connectivity index (χ4v) is 3.24. The molecular weight excluding hydrogens is 371 g/mol. The first-order valence-electron chi connectivity index (χ1n) is 5.94. The molecular formula is C12H11BrCl2N2O3. The van der Waals surface area contributed by atoms with Crippen molar-refractivity contribution in [3.05, 3.63) is 26.9 Å². The van der Waals surface area contributed by atoms with Gasteiger partial charge >= 0.3 is 0 Å². The van der Waals surface area contributed by atoms with E-state index in [4.69, 9.17) is 27.9 Å². The molecule has 0 amide bonds. The van der Waals surface area contributed by atoms with Gasteiger partial charge in [0.25, 0.3) is 0 Å². The van der Waals surface area contributed by atoms with Crippen molar-refractivity contribution >= 4 is 50.2 Å². The molecule has 0 saturated carbocycles. The van der Waals surface area contributed by atoms with E-state index >= 15 is 0 Å². The van der Waals surface area contributed by atoms with Gasteiger partial charge in [-0.3, -0.25) is 4.57 Å². The summed E-state index contributed by atoms with van der Waals surface area (Å²) in [5, 5.41) is 20.7.